The van der Waals surface area contributed by atoms with E-state index in [1.165, 1.54) is 25.3 Å². The largest absolute Gasteiger partial charge is 0.292 e. The Balaban J connectivity index is -0.000000563. The van der Waals surface area contributed by atoms with Crippen molar-refractivity contribution in [2.75, 3.05) is 19.6 Å². The van der Waals surface area contributed by atoms with Crippen LogP contribution in [0.1, 0.15) is 20.8 Å². The summed E-state index contributed by atoms with van der Waals surface area (Å²) in [6.07, 6.45) is 0. The van der Waals surface area contributed by atoms with Crippen LogP contribution in [0.25, 0.3) is 0 Å². The van der Waals surface area contributed by atoms with E-state index in [-0.39, 0.29) is 50.9 Å². The molecule has 1 aromatic rings. The van der Waals surface area contributed by atoms with E-state index in [2.05, 4.69) is 51.1 Å². The topological polar surface area (TPSA) is 0 Å². The predicted octanol–water partition coefficient (Wildman–Crippen LogP) is 4.79. The second-order valence-electron chi connectivity index (χ2n) is 3.43. The Morgan fingerprint density at radius 1 is 0.750 bits per heavy atom. The molecular weight excluding hydrogens is 398 g/mol. The number of halogens is 3. The first-order valence-electron chi connectivity index (χ1n) is 5.20. The molecule has 0 spiro atoms. The molecule has 0 aliphatic carbocycles. The first-order chi connectivity index (χ1) is 6.29. The predicted molar refractivity (Wildman–Crippen MR) is 90.8 cm³/mol. The van der Waals surface area contributed by atoms with Crippen molar-refractivity contribution in [2.24, 2.45) is 0 Å². The van der Waals surface area contributed by atoms with Crippen LogP contribution >= 0.6 is 50.9 Å². The molecule has 1 rings (SSSR count). The lowest BCUT2D eigenvalue weighted by atomic mass is 10.2. The number of para-hydroxylation sites is 1. The monoisotopic (exact) mass is 418 g/mol. The minimum Gasteiger partial charge on any atom is -0.292 e. The highest BCUT2D eigenvalue weighted by Crippen LogP contribution is 2.21. The Morgan fingerprint density at radius 2 is 1.12 bits per heavy atom. The van der Waals surface area contributed by atoms with Crippen LogP contribution in [0, 0.1) is 0 Å². The number of nitrogens with zero attached hydrogens (tertiary/aromatic N) is 1. The molecule has 0 bridgehead atoms. The van der Waals surface area contributed by atoms with E-state index in [0.717, 1.165) is 4.48 Å². The number of quaternary nitrogens is 1. The molecule has 1 nitrogen and oxygen atoms in total. The van der Waals surface area contributed by atoms with Crippen LogP contribution in [0.3, 0.4) is 0 Å². The molecule has 0 fully saturated rings. The van der Waals surface area contributed by atoms with Crippen LogP contribution in [-0.4, -0.2) is 19.6 Å². The second-order valence-corrected chi connectivity index (χ2v) is 3.43. The van der Waals surface area contributed by atoms with Gasteiger partial charge in [0.05, 0.1) is 19.6 Å². The zero-order valence-corrected chi connectivity index (χ0v) is 15.3. The molecule has 0 saturated heterocycles. The SMILES string of the molecule is Br.Br.Br.CC[N+](CC)(CC)c1ccccc1. The van der Waals surface area contributed by atoms with Gasteiger partial charge in [-0.2, -0.15) is 0 Å². The van der Waals surface area contributed by atoms with Gasteiger partial charge >= 0.3 is 0 Å². The highest BCUT2D eigenvalue weighted by atomic mass is 79.9. The van der Waals surface area contributed by atoms with Crippen molar-refractivity contribution in [3.8, 4) is 0 Å². The van der Waals surface area contributed by atoms with Crippen molar-refractivity contribution in [3.63, 3.8) is 0 Å². The molecule has 0 saturated carbocycles. The average Bonchev–Trinajstić information content (AvgIpc) is 2.23. The zero-order valence-electron chi connectivity index (χ0n) is 10.2. The van der Waals surface area contributed by atoms with Gasteiger partial charge < -0.3 is 0 Å². The van der Waals surface area contributed by atoms with Crippen molar-refractivity contribution in [2.45, 2.75) is 20.8 Å². The summed E-state index contributed by atoms with van der Waals surface area (Å²) in [4.78, 5) is 0. The number of hydrogen-bond donors (Lipinski definition) is 0. The van der Waals surface area contributed by atoms with E-state index in [1.807, 2.05) is 0 Å². The van der Waals surface area contributed by atoms with Gasteiger partial charge in [-0.1, -0.05) is 18.2 Å². The van der Waals surface area contributed by atoms with E-state index in [4.69, 9.17) is 0 Å². The van der Waals surface area contributed by atoms with Crippen molar-refractivity contribution in [3.05, 3.63) is 30.3 Å². The molecule has 96 valence electrons. The number of hydrogen-bond acceptors (Lipinski definition) is 0. The summed E-state index contributed by atoms with van der Waals surface area (Å²) in [6, 6.07) is 10.8. The maximum absolute atomic E-state index is 2.26. The van der Waals surface area contributed by atoms with Gasteiger partial charge in [0, 0.05) is 0 Å². The van der Waals surface area contributed by atoms with Crippen LogP contribution < -0.4 is 4.48 Å². The summed E-state index contributed by atoms with van der Waals surface area (Å²) in [7, 11) is 0. The van der Waals surface area contributed by atoms with Crippen molar-refractivity contribution in [1.29, 1.82) is 0 Å². The van der Waals surface area contributed by atoms with Crippen LogP contribution in [0.5, 0.6) is 0 Å². The fraction of sp³-hybridized carbons (Fsp3) is 0.500. The minimum absolute atomic E-state index is 0. The third-order valence-electron chi connectivity index (χ3n) is 3.12. The summed E-state index contributed by atoms with van der Waals surface area (Å²) in [5.74, 6) is 0. The molecule has 0 unspecified atom stereocenters. The summed E-state index contributed by atoms with van der Waals surface area (Å²) in [6.45, 7) is 10.3. The molecule has 0 amide bonds. The van der Waals surface area contributed by atoms with Gasteiger partial charge in [-0.05, 0) is 32.9 Å². The molecule has 0 aliphatic rings. The van der Waals surface area contributed by atoms with Crippen molar-refractivity contribution in [1.82, 2.24) is 4.48 Å². The number of rotatable bonds is 4. The van der Waals surface area contributed by atoms with Gasteiger partial charge in [-0.15, -0.1) is 50.9 Å². The van der Waals surface area contributed by atoms with Crippen LogP contribution in [-0.2, 0) is 0 Å². The maximum Gasteiger partial charge on any atom is 0.132 e. The quantitative estimate of drug-likeness (QED) is 0.614. The molecule has 0 atom stereocenters. The molecule has 16 heavy (non-hydrogen) atoms. The molecule has 4 heteroatoms. The molecule has 0 heterocycles. The first-order valence-corrected chi connectivity index (χ1v) is 5.20. The Morgan fingerprint density at radius 3 is 1.44 bits per heavy atom. The van der Waals surface area contributed by atoms with Gasteiger partial charge in [-0.25, -0.2) is 0 Å². The Bertz CT molecular complexity index is 239. The minimum atomic E-state index is 0. The maximum atomic E-state index is 2.26. The third kappa shape index (κ3) is 4.86. The lowest BCUT2D eigenvalue weighted by molar-refractivity contribution is 0.316. The average molecular weight is 421 g/mol. The molecular formula is C12H23Br3N+. The fourth-order valence-electron chi connectivity index (χ4n) is 1.96. The van der Waals surface area contributed by atoms with Gasteiger partial charge in [0.2, 0.25) is 0 Å². The Hall–Kier alpha value is 0.620. The van der Waals surface area contributed by atoms with Gasteiger partial charge in [0.15, 0.2) is 0 Å². The van der Waals surface area contributed by atoms with E-state index in [1.54, 1.807) is 0 Å². The fourth-order valence-corrected chi connectivity index (χ4v) is 1.96. The first kappa shape index (κ1) is 21.9. The lowest BCUT2D eigenvalue weighted by Gasteiger charge is -2.35. The smallest absolute Gasteiger partial charge is 0.132 e. The van der Waals surface area contributed by atoms with Gasteiger partial charge in [0.25, 0.3) is 0 Å². The molecule has 0 N–H and O–H groups in total. The third-order valence-corrected chi connectivity index (χ3v) is 3.12. The lowest BCUT2D eigenvalue weighted by Crippen LogP contribution is -2.48. The summed E-state index contributed by atoms with van der Waals surface area (Å²) in [5, 5.41) is 0. The Labute approximate surface area is 131 Å². The Kier molecular flexibility index (Phi) is 14.7. The highest BCUT2D eigenvalue weighted by Gasteiger charge is 2.23. The molecule has 0 radical (unpaired) electrons. The van der Waals surface area contributed by atoms with E-state index in [0.29, 0.717) is 0 Å². The van der Waals surface area contributed by atoms with Crippen molar-refractivity contribution >= 4 is 56.6 Å². The summed E-state index contributed by atoms with van der Waals surface area (Å²) >= 11 is 0. The van der Waals surface area contributed by atoms with Crippen LogP contribution in [0.2, 0.25) is 0 Å². The normalized spacial score (nSPS) is 9.44. The van der Waals surface area contributed by atoms with Crippen molar-refractivity contribution < 1.29 is 0 Å². The van der Waals surface area contributed by atoms with Gasteiger partial charge in [-0.3, -0.25) is 4.48 Å². The van der Waals surface area contributed by atoms with E-state index in [9.17, 15) is 0 Å². The number of benzene rings is 1. The standard InChI is InChI=1S/C12H20N.3BrH/c1-4-13(5-2,6-3)12-10-8-7-9-11-12;;;/h7-11H,4-6H2,1-3H3;3*1H/q+1;;;. The molecule has 0 aromatic heterocycles. The zero-order chi connectivity index (χ0) is 9.73. The van der Waals surface area contributed by atoms with Crippen LogP contribution in [0.15, 0.2) is 30.3 Å². The molecule has 1 aromatic carbocycles. The summed E-state index contributed by atoms with van der Waals surface area (Å²) in [5.41, 5.74) is 1.44. The second kappa shape index (κ2) is 10.8. The van der Waals surface area contributed by atoms with Crippen LogP contribution in [0.4, 0.5) is 5.69 Å². The van der Waals surface area contributed by atoms with E-state index < -0.39 is 0 Å². The van der Waals surface area contributed by atoms with E-state index >= 15 is 0 Å². The molecule has 0 aliphatic heterocycles. The summed E-state index contributed by atoms with van der Waals surface area (Å²) < 4.78 is 1.10. The van der Waals surface area contributed by atoms with Gasteiger partial charge in [0.1, 0.15) is 5.69 Å². The highest BCUT2D eigenvalue weighted by molar-refractivity contribution is 8.93.